The molecule has 0 atom stereocenters. The van der Waals surface area contributed by atoms with Gasteiger partial charge in [0.2, 0.25) is 5.91 Å². The van der Waals surface area contributed by atoms with Gasteiger partial charge in [-0.3, -0.25) is 4.79 Å². The second-order valence-corrected chi connectivity index (χ2v) is 6.99. The molecule has 0 spiro atoms. The largest absolute Gasteiger partial charge is 0.378 e. The Balaban J connectivity index is 1.31. The molecule has 2 fully saturated rings. The van der Waals surface area contributed by atoms with E-state index in [1.54, 1.807) is 23.1 Å². The van der Waals surface area contributed by atoms with Crippen molar-refractivity contribution < 1.29 is 13.9 Å². The minimum Gasteiger partial charge on any atom is -0.378 e. The number of ether oxygens (including phenoxy) is 1. The molecule has 3 heterocycles. The summed E-state index contributed by atoms with van der Waals surface area (Å²) in [6.45, 7) is 5.66. The minimum absolute atomic E-state index is 0.0431. The van der Waals surface area contributed by atoms with Crippen LogP contribution in [0, 0.1) is 5.82 Å². The lowest BCUT2D eigenvalue weighted by Crippen LogP contribution is -2.49. The van der Waals surface area contributed by atoms with Gasteiger partial charge in [-0.1, -0.05) is 18.2 Å². The summed E-state index contributed by atoms with van der Waals surface area (Å²) < 4.78 is 19.1. The quantitative estimate of drug-likeness (QED) is 0.792. The first-order chi connectivity index (χ1) is 13.7. The lowest BCUT2D eigenvalue weighted by molar-refractivity contribution is -0.130. The second-order valence-electron chi connectivity index (χ2n) is 6.99. The summed E-state index contributed by atoms with van der Waals surface area (Å²) in [5.41, 5.74) is 0.444. The summed E-state index contributed by atoms with van der Waals surface area (Å²) in [4.78, 5) is 18.6. The number of anilines is 2. The highest BCUT2D eigenvalue weighted by Crippen LogP contribution is 2.18. The molecular formula is C20H24FN5O2. The Morgan fingerprint density at radius 2 is 1.50 bits per heavy atom. The summed E-state index contributed by atoms with van der Waals surface area (Å²) in [6.07, 6.45) is 0.0979. The van der Waals surface area contributed by atoms with E-state index in [1.165, 1.54) is 6.07 Å². The molecule has 148 valence electrons. The van der Waals surface area contributed by atoms with E-state index in [2.05, 4.69) is 20.0 Å². The Kier molecular flexibility index (Phi) is 5.66. The van der Waals surface area contributed by atoms with Crippen LogP contribution in [0.15, 0.2) is 36.4 Å². The summed E-state index contributed by atoms with van der Waals surface area (Å²) >= 11 is 0. The molecule has 8 heteroatoms. The Morgan fingerprint density at radius 1 is 0.893 bits per heavy atom. The Hall–Kier alpha value is -2.74. The molecule has 0 aliphatic carbocycles. The summed E-state index contributed by atoms with van der Waals surface area (Å²) in [6, 6.07) is 10.4. The maximum Gasteiger partial charge on any atom is 0.227 e. The lowest BCUT2D eigenvalue weighted by Gasteiger charge is -2.35. The third-order valence-electron chi connectivity index (χ3n) is 5.23. The Morgan fingerprint density at radius 3 is 2.11 bits per heavy atom. The number of amides is 1. The van der Waals surface area contributed by atoms with Gasteiger partial charge in [0.05, 0.1) is 19.6 Å². The van der Waals surface area contributed by atoms with Crippen LogP contribution in [0.25, 0.3) is 0 Å². The molecule has 2 saturated heterocycles. The zero-order valence-electron chi connectivity index (χ0n) is 15.8. The number of benzene rings is 1. The van der Waals surface area contributed by atoms with E-state index in [0.717, 1.165) is 24.7 Å². The van der Waals surface area contributed by atoms with Crippen LogP contribution in [0.1, 0.15) is 5.56 Å². The van der Waals surface area contributed by atoms with Crippen LogP contribution in [0.2, 0.25) is 0 Å². The topological polar surface area (TPSA) is 61.8 Å². The van der Waals surface area contributed by atoms with Crippen molar-refractivity contribution in [2.45, 2.75) is 6.42 Å². The lowest BCUT2D eigenvalue weighted by atomic mass is 10.1. The number of piperazine rings is 1. The predicted molar refractivity (Wildman–Crippen MR) is 104 cm³/mol. The molecule has 0 unspecified atom stereocenters. The molecule has 0 N–H and O–H groups in total. The molecule has 0 bridgehead atoms. The van der Waals surface area contributed by atoms with Crippen LogP contribution in [0.5, 0.6) is 0 Å². The van der Waals surface area contributed by atoms with Gasteiger partial charge in [-0.2, -0.15) is 0 Å². The smallest absolute Gasteiger partial charge is 0.227 e. The van der Waals surface area contributed by atoms with Gasteiger partial charge >= 0.3 is 0 Å². The van der Waals surface area contributed by atoms with Crippen molar-refractivity contribution >= 4 is 17.5 Å². The molecule has 28 heavy (non-hydrogen) atoms. The molecule has 2 aromatic rings. The molecule has 1 aromatic carbocycles. The number of nitrogens with zero attached hydrogens (tertiary/aromatic N) is 5. The highest BCUT2D eigenvalue weighted by molar-refractivity contribution is 5.79. The molecule has 2 aliphatic rings. The van der Waals surface area contributed by atoms with Gasteiger partial charge in [-0.15, -0.1) is 10.2 Å². The van der Waals surface area contributed by atoms with Crippen LogP contribution >= 0.6 is 0 Å². The number of rotatable bonds is 4. The van der Waals surface area contributed by atoms with E-state index in [-0.39, 0.29) is 18.1 Å². The first-order valence-corrected chi connectivity index (χ1v) is 9.63. The van der Waals surface area contributed by atoms with Crippen LogP contribution in [-0.2, 0) is 16.0 Å². The van der Waals surface area contributed by atoms with Gasteiger partial charge in [-0.25, -0.2) is 4.39 Å². The van der Waals surface area contributed by atoms with Crippen LogP contribution in [0.4, 0.5) is 16.0 Å². The fourth-order valence-corrected chi connectivity index (χ4v) is 3.55. The monoisotopic (exact) mass is 385 g/mol. The maximum atomic E-state index is 13.8. The van der Waals surface area contributed by atoms with Gasteiger partial charge in [0, 0.05) is 39.3 Å². The fourth-order valence-electron chi connectivity index (χ4n) is 3.55. The molecule has 1 amide bonds. The Labute approximate surface area is 163 Å². The number of carbonyl (C=O) groups is 1. The van der Waals surface area contributed by atoms with E-state index in [1.807, 2.05) is 12.1 Å². The van der Waals surface area contributed by atoms with E-state index in [9.17, 15) is 9.18 Å². The van der Waals surface area contributed by atoms with Gasteiger partial charge < -0.3 is 19.4 Å². The highest BCUT2D eigenvalue weighted by atomic mass is 19.1. The van der Waals surface area contributed by atoms with Crippen molar-refractivity contribution in [1.29, 1.82) is 0 Å². The summed E-state index contributed by atoms with van der Waals surface area (Å²) in [5, 5.41) is 8.72. The van der Waals surface area contributed by atoms with Gasteiger partial charge in [0.15, 0.2) is 11.6 Å². The number of hydrogen-bond acceptors (Lipinski definition) is 6. The van der Waals surface area contributed by atoms with Crippen molar-refractivity contribution in [3.8, 4) is 0 Å². The Bertz CT molecular complexity index is 802. The number of morpholine rings is 1. The normalized spacial score (nSPS) is 17.7. The van der Waals surface area contributed by atoms with Crippen molar-refractivity contribution in [2.24, 2.45) is 0 Å². The van der Waals surface area contributed by atoms with Crippen LogP contribution in [0.3, 0.4) is 0 Å². The standard InChI is InChI=1S/C20H24FN5O2/c21-17-4-2-1-3-16(17)15-20(27)26-9-7-24(8-10-26)18-5-6-19(23-22-18)25-11-13-28-14-12-25/h1-6H,7-15H2. The third kappa shape index (κ3) is 4.22. The first kappa shape index (κ1) is 18.6. The highest BCUT2D eigenvalue weighted by Gasteiger charge is 2.23. The van der Waals surface area contributed by atoms with Crippen LogP contribution < -0.4 is 9.80 Å². The van der Waals surface area contributed by atoms with E-state index >= 15 is 0 Å². The predicted octanol–water partition coefficient (Wildman–Crippen LogP) is 1.34. The average Bonchev–Trinajstić information content (AvgIpc) is 2.76. The van der Waals surface area contributed by atoms with E-state index in [0.29, 0.717) is 45.0 Å². The number of hydrogen-bond donors (Lipinski definition) is 0. The molecule has 7 nitrogen and oxygen atoms in total. The summed E-state index contributed by atoms with van der Waals surface area (Å²) in [5.74, 6) is 1.31. The average molecular weight is 385 g/mol. The maximum absolute atomic E-state index is 13.8. The molecule has 2 aliphatic heterocycles. The fraction of sp³-hybridized carbons (Fsp3) is 0.450. The van der Waals surface area contributed by atoms with Gasteiger partial charge in [0.1, 0.15) is 5.82 Å². The van der Waals surface area contributed by atoms with Crippen molar-refractivity contribution in [1.82, 2.24) is 15.1 Å². The number of aromatic nitrogens is 2. The van der Waals surface area contributed by atoms with Crippen molar-refractivity contribution in [3.05, 3.63) is 47.8 Å². The first-order valence-electron chi connectivity index (χ1n) is 9.63. The second kappa shape index (κ2) is 8.52. The van der Waals surface area contributed by atoms with Crippen molar-refractivity contribution in [3.63, 3.8) is 0 Å². The molecule has 0 saturated carbocycles. The van der Waals surface area contributed by atoms with Crippen LogP contribution in [-0.4, -0.2) is 73.5 Å². The van der Waals surface area contributed by atoms with E-state index < -0.39 is 0 Å². The zero-order valence-corrected chi connectivity index (χ0v) is 15.8. The molecule has 0 radical (unpaired) electrons. The SMILES string of the molecule is O=C(Cc1ccccc1F)N1CCN(c2ccc(N3CCOCC3)nn2)CC1. The third-order valence-corrected chi connectivity index (χ3v) is 5.23. The number of halogens is 1. The van der Waals surface area contributed by atoms with Gasteiger partial charge in [0.25, 0.3) is 0 Å². The molecular weight excluding hydrogens is 361 g/mol. The van der Waals surface area contributed by atoms with Crippen molar-refractivity contribution in [2.75, 3.05) is 62.3 Å². The molecule has 4 rings (SSSR count). The van der Waals surface area contributed by atoms with E-state index in [4.69, 9.17) is 4.74 Å². The summed E-state index contributed by atoms with van der Waals surface area (Å²) in [7, 11) is 0. The van der Waals surface area contributed by atoms with Gasteiger partial charge in [-0.05, 0) is 23.8 Å². The zero-order chi connectivity index (χ0) is 19.3. The number of carbonyl (C=O) groups excluding carboxylic acids is 1. The minimum atomic E-state index is -0.329. The molecule has 1 aromatic heterocycles.